The van der Waals surface area contributed by atoms with Crippen molar-refractivity contribution in [2.75, 3.05) is 19.7 Å². The van der Waals surface area contributed by atoms with Crippen molar-refractivity contribution in [1.29, 1.82) is 0 Å². The van der Waals surface area contributed by atoms with Crippen LogP contribution in [-0.4, -0.2) is 42.1 Å². The Hall–Kier alpha value is -0.610. The first-order chi connectivity index (χ1) is 7.45. The van der Waals surface area contributed by atoms with Crippen molar-refractivity contribution in [2.24, 2.45) is 5.73 Å². The van der Waals surface area contributed by atoms with Crippen LogP contribution >= 0.6 is 0 Å². The molecule has 1 fully saturated rings. The Balaban J connectivity index is 2.47. The first kappa shape index (κ1) is 13.5. The summed E-state index contributed by atoms with van der Waals surface area (Å²) in [7, 11) is 0. The number of hydrogen-bond acceptors (Lipinski definition) is 3. The van der Waals surface area contributed by atoms with E-state index in [4.69, 9.17) is 10.5 Å². The summed E-state index contributed by atoms with van der Waals surface area (Å²) in [6.45, 7) is 7.88. The maximum Gasteiger partial charge on any atom is 0.242 e. The lowest BCUT2D eigenvalue weighted by atomic mass is 10.0. The maximum atomic E-state index is 12.0. The van der Waals surface area contributed by atoms with E-state index in [0.29, 0.717) is 6.54 Å². The van der Waals surface area contributed by atoms with E-state index in [1.54, 1.807) is 13.8 Å². The van der Waals surface area contributed by atoms with Crippen LogP contribution in [0.2, 0.25) is 0 Å². The van der Waals surface area contributed by atoms with Gasteiger partial charge in [-0.2, -0.15) is 0 Å². The Morgan fingerprint density at radius 2 is 2.25 bits per heavy atom. The fourth-order valence-corrected chi connectivity index (χ4v) is 1.95. The number of piperidine rings is 1. The van der Waals surface area contributed by atoms with Gasteiger partial charge in [0.05, 0.1) is 11.6 Å². The third kappa shape index (κ3) is 3.76. The van der Waals surface area contributed by atoms with Crippen molar-refractivity contribution in [3.8, 4) is 0 Å². The second kappa shape index (κ2) is 5.64. The lowest BCUT2D eigenvalue weighted by Gasteiger charge is -2.36. The normalized spacial score (nSPS) is 22.2. The van der Waals surface area contributed by atoms with Crippen LogP contribution in [0.3, 0.4) is 0 Å². The molecule has 0 radical (unpaired) electrons. The predicted molar refractivity (Wildman–Crippen MR) is 64.1 cm³/mol. The second-order valence-electron chi connectivity index (χ2n) is 5.11. The molecule has 94 valence electrons. The minimum absolute atomic E-state index is 0.0253. The summed E-state index contributed by atoms with van der Waals surface area (Å²) < 4.78 is 5.69. The van der Waals surface area contributed by atoms with Gasteiger partial charge >= 0.3 is 0 Å². The molecule has 16 heavy (non-hydrogen) atoms. The predicted octanol–water partition coefficient (Wildman–Crippen LogP) is 1.14. The molecule has 1 aliphatic heterocycles. The van der Waals surface area contributed by atoms with Crippen LogP contribution in [0.5, 0.6) is 0 Å². The van der Waals surface area contributed by atoms with Gasteiger partial charge in [-0.25, -0.2) is 0 Å². The molecule has 0 aromatic heterocycles. The van der Waals surface area contributed by atoms with Gasteiger partial charge in [0, 0.05) is 19.7 Å². The van der Waals surface area contributed by atoms with E-state index in [-0.39, 0.29) is 12.0 Å². The summed E-state index contributed by atoms with van der Waals surface area (Å²) in [5, 5.41) is 0. The highest BCUT2D eigenvalue weighted by Crippen LogP contribution is 2.16. The molecule has 0 aromatic carbocycles. The summed E-state index contributed by atoms with van der Waals surface area (Å²) in [6.07, 6.45) is 3.28. The topological polar surface area (TPSA) is 55.6 Å². The molecule has 0 aromatic rings. The van der Waals surface area contributed by atoms with Gasteiger partial charge in [0.2, 0.25) is 5.91 Å². The highest BCUT2D eigenvalue weighted by molar-refractivity contribution is 5.85. The Kier molecular flexibility index (Phi) is 4.74. The van der Waals surface area contributed by atoms with Crippen molar-refractivity contribution in [3.05, 3.63) is 0 Å². The summed E-state index contributed by atoms with van der Waals surface area (Å²) in [4.78, 5) is 13.8. The standard InChI is InChI=1S/C12H24N2O2/c1-4-8-16-10-6-5-7-14(9-10)11(15)12(2,3)13/h10H,4-9,13H2,1-3H3. The number of carbonyl (C=O) groups is 1. The number of rotatable bonds is 4. The van der Waals surface area contributed by atoms with Gasteiger partial charge in [-0.05, 0) is 33.1 Å². The van der Waals surface area contributed by atoms with Crippen LogP contribution < -0.4 is 5.73 Å². The third-order valence-electron chi connectivity index (χ3n) is 2.77. The van der Waals surface area contributed by atoms with Gasteiger partial charge in [-0.1, -0.05) is 6.92 Å². The number of ether oxygens (including phenoxy) is 1. The zero-order valence-corrected chi connectivity index (χ0v) is 10.7. The SMILES string of the molecule is CCCOC1CCCN(C(=O)C(C)(C)N)C1. The summed E-state index contributed by atoms with van der Waals surface area (Å²) in [5.74, 6) is 0.0253. The Morgan fingerprint density at radius 1 is 1.56 bits per heavy atom. The second-order valence-corrected chi connectivity index (χ2v) is 5.11. The zero-order valence-electron chi connectivity index (χ0n) is 10.7. The van der Waals surface area contributed by atoms with E-state index < -0.39 is 5.54 Å². The average Bonchev–Trinajstić information content (AvgIpc) is 2.24. The van der Waals surface area contributed by atoms with Gasteiger partial charge in [0.1, 0.15) is 0 Å². The molecule has 1 amide bonds. The van der Waals surface area contributed by atoms with Gasteiger partial charge in [-0.15, -0.1) is 0 Å². The van der Waals surface area contributed by atoms with E-state index >= 15 is 0 Å². The molecule has 0 saturated carbocycles. The fourth-order valence-electron chi connectivity index (χ4n) is 1.95. The molecule has 4 heteroatoms. The monoisotopic (exact) mass is 228 g/mol. The first-order valence-electron chi connectivity index (χ1n) is 6.15. The van der Waals surface area contributed by atoms with E-state index in [9.17, 15) is 4.79 Å². The van der Waals surface area contributed by atoms with Crippen molar-refractivity contribution < 1.29 is 9.53 Å². The smallest absolute Gasteiger partial charge is 0.242 e. The molecule has 1 heterocycles. The summed E-state index contributed by atoms with van der Waals surface area (Å²) in [5.41, 5.74) is 5.05. The van der Waals surface area contributed by atoms with Crippen molar-refractivity contribution in [1.82, 2.24) is 4.90 Å². The highest BCUT2D eigenvalue weighted by Gasteiger charge is 2.31. The highest BCUT2D eigenvalue weighted by atomic mass is 16.5. The van der Waals surface area contributed by atoms with Crippen LogP contribution in [0.15, 0.2) is 0 Å². The van der Waals surface area contributed by atoms with E-state index in [0.717, 1.165) is 32.4 Å². The quantitative estimate of drug-likeness (QED) is 0.785. The molecule has 0 bridgehead atoms. The number of nitrogens with two attached hydrogens (primary N) is 1. The van der Waals surface area contributed by atoms with Crippen LogP contribution in [0.25, 0.3) is 0 Å². The molecule has 1 unspecified atom stereocenters. The van der Waals surface area contributed by atoms with Gasteiger partial charge < -0.3 is 15.4 Å². The molecule has 1 rings (SSSR count). The maximum absolute atomic E-state index is 12.0. The molecule has 0 aliphatic carbocycles. The minimum atomic E-state index is -0.771. The third-order valence-corrected chi connectivity index (χ3v) is 2.77. The largest absolute Gasteiger partial charge is 0.376 e. The molecular formula is C12H24N2O2. The molecule has 1 saturated heterocycles. The van der Waals surface area contributed by atoms with E-state index in [1.807, 2.05) is 4.90 Å². The average molecular weight is 228 g/mol. The Bertz CT molecular complexity index is 236. The Labute approximate surface area is 98.1 Å². The lowest BCUT2D eigenvalue weighted by molar-refractivity contribution is -0.139. The summed E-state index contributed by atoms with van der Waals surface area (Å²) in [6, 6.07) is 0. The van der Waals surface area contributed by atoms with Gasteiger partial charge in [-0.3, -0.25) is 4.79 Å². The molecule has 1 atom stereocenters. The van der Waals surface area contributed by atoms with Crippen molar-refractivity contribution in [3.63, 3.8) is 0 Å². The molecule has 2 N–H and O–H groups in total. The van der Waals surface area contributed by atoms with Crippen LogP contribution in [-0.2, 0) is 9.53 Å². The Morgan fingerprint density at radius 3 is 2.81 bits per heavy atom. The molecule has 4 nitrogen and oxygen atoms in total. The zero-order chi connectivity index (χ0) is 12.2. The van der Waals surface area contributed by atoms with Crippen molar-refractivity contribution >= 4 is 5.91 Å². The fraction of sp³-hybridized carbons (Fsp3) is 0.917. The number of likely N-dealkylation sites (tertiary alicyclic amines) is 1. The number of amides is 1. The number of hydrogen-bond donors (Lipinski definition) is 1. The molecule has 0 spiro atoms. The summed E-state index contributed by atoms with van der Waals surface area (Å²) >= 11 is 0. The van der Waals surface area contributed by atoms with Crippen molar-refractivity contribution in [2.45, 2.75) is 51.7 Å². The van der Waals surface area contributed by atoms with Crippen LogP contribution in [0.4, 0.5) is 0 Å². The van der Waals surface area contributed by atoms with Gasteiger partial charge in [0.25, 0.3) is 0 Å². The lowest BCUT2D eigenvalue weighted by Crippen LogP contribution is -2.54. The van der Waals surface area contributed by atoms with E-state index in [2.05, 4.69) is 6.92 Å². The molecular weight excluding hydrogens is 204 g/mol. The van der Waals surface area contributed by atoms with E-state index in [1.165, 1.54) is 0 Å². The minimum Gasteiger partial charge on any atom is -0.376 e. The number of nitrogens with zero attached hydrogens (tertiary/aromatic N) is 1. The first-order valence-corrected chi connectivity index (χ1v) is 6.15. The van der Waals surface area contributed by atoms with Crippen LogP contribution in [0.1, 0.15) is 40.0 Å². The molecule has 1 aliphatic rings. The van der Waals surface area contributed by atoms with Crippen LogP contribution in [0, 0.1) is 0 Å². The van der Waals surface area contributed by atoms with Gasteiger partial charge in [0.15, 0.2) is 0 Å². The number of carbonyl (C=O) groups excluding carboxylic acids is 1.